The van der Waals surface area contributed by atoms with Crippen LogP contribution in [-0.4, -0.2) is 44.2 Å². The smallest absolute Gasteiger partial charge is 0.265 e. The fourth-order valence-corrected chi connectivity index (χ4v) is 4.81. The minimum atomic E-state index is -0.0431. The molecule has 0 unspecified atom stereocenters. The normalized spacial score (nSPS) is 14.5. The Kier molecular flexibility index (Phi) is 5.34. The average Bonchev–Trinajstić information content (AvgIpc) is 3.05. The van der Waals surface area contributed by atoms with Crippen LogP contribution in [0, 0.1) is 0 Å². The Morgan fingerprint density at radius 2 is 1.85 bits per heavy atom. The van der Waals surface area contributed by atoms with E-state index in [1.807, 2.05) is 31.3 Å². The van der Waals surface area contributed by atoms with E-state index in [0.717, 1.165) is 42.0 Å². The molecule has 2 aromatic carbocycles. The van der Waals surface area contributed by atoms with Crippen molar-refractivity contribution < 1.29 is 9.53 Å². The number of nitrogens with zero attached hydrogens (tertiary/aromatic N) is 2. The SMILES string of the molecule is CN(Cc1ccc(N2CCOCC2)cc1)C(=O)c1sc2ccccc2c1Cl. The molecule has 0 bridgehead atoms. The van der Waals surface area contributed by atoms with Crippen LogP contribution in [0.25, 0.3) is 10.1 Å². The summed E-state index contributed by atoms with van der Waals surface area (Å²) in [5, 5.41) is 1.49. The molecule has 1 saturated heterocycles. The summed E-state index contributed by atoms with van der Waals surface area (Å²) in [6.45, 7) is 3.93. The molecule has 0 atom stereocenters. The molecule has 4 rings (SSSR count). The summed E-state index contributed by atoms with van der Waals surface area (Å²) < 4.78 is 6.44. The maximum atomic E-state index is 12.9. The molecule has 4 nitrogen and oxygen atoms in total. The van der Waals surface area contributed by atoms with Crippen LogP contribution in [0.15, 0.2) is 48.5 Å². The number of ether oxygens (including phenoxy) is 1. The van der Waals surface area contributed by atoms with Crippen molar-refractivity contribution in [1.29, 1.82) is 0 Å². The second-order valence-electron chi connectivity index (χ2n) is 6.67. The molecule has 2 heterocycles. The zero-order chi connectivity index (χ0) is 18.8. The number of benzene rings is 2. The number of anilines is 1. The van der Waals surface area contributed by atoms with Gasteiger partial charge in [-0.2, -0.15) is 0 Å². The van der Waals surface area contributed by atoms with Crippen LogP contribution in [0.5, 0.6) is 0 Å². The molecule has 0 radical (unpaired) electrons. The lowest BCUT2D eigenvalue weighted by Crippen LogP contribution is -2.36. The summed E-state index contributed by atoms with van der Waals surface area (Å²) in [6, 6.07) is 16.2. The minimum Gasteiger partial charge on any atom is -0.378 e. The molecule has 1 amide bonds. The highest BCUT2D eigenvalue weighted by molar-refractivity contribution is 7.21. The van der Waals surface area contributed by atoms with Gasteiger partial charge in [0.2, 0.25) is 0 Å². The molecule has 1 fully saturated rings. The molecule has 0 N–H and O–H groups in total. The molecule has 1 aliphatic heterocycles. The van der Waals surface area contributed by atoms with Crippen LogP contribution < -0.4 is 4.90 Å². The molecule has 0 aliphatic carbocycles. The molecule has 1 aliphatic rings. The maximum Gasteiger partial charge on any atom is 0.265 e. The first kappa shape index (κ1) is 18.3. The van der Waals surface area contributed by atoms with Crippen LogP contribution in [0.4, 0.5) is 5.69 Å². The number of morpholine rings is 1. The average molecular weight is 401 g/mol. The molecule has 3 aromatic rings. The fraction of sp³-hybridized carbons (Fsp3) is 0.286. The Balaban J connectivity index is 1.47. The highest BCUT2D eigenvalue weighted by Gasteiger charge is 2.20. The van der Waals surface area contributed by atoms with E-state index >= 15 is 0 Å². The van der Waals surface area contributed by atoms with Gasteiger partial charge in [-0.1, -0.05) is 41.9 Å². The summed E-state index contributed by atoms with van der Waals surface area (Å²) in [6.07, 6.45) is 0. The van der Waals surface area contributed by atoms with Gasteiger partial charge in [0, 0.05) is 42.5 Å². The van der Waals surface area contributed by atoms with E-state index in [4.69, 9.17) is 16.3 Å². The Morgan fingerprint density at radius 1 is 1.15 bits per heavy atom. The predicted molar refractivity (Wildman–Crippen MR) is 112 cm³/mol. The van der Waals surface area contributed by atoms with Gasteiger partial charge < -0.3 is 14.5 Å². The highest BCUT2D eigenvalue weighted by Crippen LogP contribution is 2.35. The number of halogens is 1. The Morgan fingerprint density at radius 3 is 2.56 bits per heavy atom. The van der Waals surface area contributed by atoms with Crippen LogP contribution in [0.3, 0.4) is 0 Å². The third-order valence-electron chi connectivity index (χ3n) is 4.81. The van der Waals surface area contributed by atoms with E-state index in [0.29, 0.717) is 16.4 Å². The zero-order valence-electron chi connectivity index (χ0n) is 15.2. The lowest BCUT2D eigenvalue weighted by Gasteiger charge is -2.29. The zero-order valence-corrected chi connectivity index (χ0v) is 16.7. The first-order valence-electron chi connectivity index (χ1n) is 8.97. The van der Waals surface area contributed by atoms with Gasteiger partial charge in [-0.05, 0) is 23.8 Å². The number of hydrogen-bond acceptors (Lipinski definition) is 4. The Hall–Kier alpha value is -2.08. The van der Waals surface area contributed by atoms with Gasteiger partial charge in [0.15, 0.2) is 0 Å². The number of rotatable bonds is 4. The fourth-order valence-electron chi connectivity index (χ4n) is 3.30. The van der Waals surface area contributed by atoms with Gasteiger partial charge in [-0.15, -0.1) is 11.3 Å². The van der Waals surface area contributed by atoms with Crippen LogP contribution in [0.2, 0.25) is 5.02 Å². The van der Waals surface area contributed by atoms with Gasteiger partial charge in [0.05, 0.1) is 18.2 Å². The van der Waals surface area contributed by atoms with E-state index < -0.39 is 0 Å². The van der Waals surface area contributed by atoms with E-state index in [1.165, 1.54) is 17.0 Å². The molecule has 27 heavy (non-hydrogen) atoms. The first-order valence-corrected chi connectivity index (χ1v) is 10.2. The van der Waals surface area contributed by atoms with Crippen molar-refractivity contribution >= 4 is 44.6 Å². The number of fused-ring (bicyclic) bond motifs is 1. The second-order valence-corrected chi connectivity index (χ2v) is 8.10. The van der Waals surface area contributed by atoms with Crippen LogP contribution in [-0.2, 0) is 11.3 Å². The summed E-state index contributed by atoms with van der Waals surface area (Å²) in [5.74, 6) is -0.0431. The quantitative estimate of drug-likeness (QED) is 0.638. The lowest BCUT2D eigenvalue weighted by molar-refractivity contribution is 0.0790. The largest absolute Gasteiger partial charge is 0.378 e. The monoisotopic (exact) mass is 400 g/mol. The molecular formula is C21H21ClN2O2S. The van der Waals surface area contributed by atoms with Crippen molar-refractivity contribution in [3.63, 3.8) is 0 Å². The van der Waals surface area contributed by atoms with Crippen molar-refractivity contribution in [2.75, 3.05) is 38.3 Å². The number of carbonyl (C=O) groups is 1. The lowest BCUT2D eigenvalue weighted by atomic mass is 10.1. The molecule has 1 aromatic heterocycles. The topological polar surface area (TPSA) is 32.8 Å². The summed E-state index contributed by atoms with van der Waals surface area (Å²) in [4.78, 5) is 17.5. The first-order chi connectivity index (χ1) is 13.1. The van der Waals surface area contributed by atoms with Crippen LogP contribution in [0.1, 0.15) is 15.2 Å². The molecule has 140 valence electrons. The second kappa shape index (κ2) is 7.89. The standard InChI is InChI=1S/C21H21ClN2O2S/c1-23(21(25)20-19(22)17-4-2-3-5-18(17)27-20)14-15-6-8-16(9-7-15)24-10-12-26-13-11-24/h2-9H,10-14H2,1H3. The van der Waals surface area contributed by atoms with Crippen molar-refractivity contribution in [2.45, 2.75) is 6.54 Å². The molecule has 0 saturated carbocycles. The van der Waals surface area contributed by atoms with Crippen molar-refractivity contribution in [3.8, 4) is 0 Å². The molecule has 0 spiro atoms. The van der Waals surface area contributed by atoms with Gasteiger partial charge in [-0.25, -0.2) is 0 Å². The third-order valence-corrected chi connectivity index (χ3v) is 6.47. The van der Waals surface area contributed by atoms with E-state index in [-0.39, 0.29) is 5.91 Å². The number of hydrogen-bond donors (Lipinski definition) is 0. The van der Waals surface area contributed by atoms with E-state index in [2.05, 4.69) is 29.2 Å². The molecule has 6 heteroatoms. The van der Waals surface area contributed by atoms with Gasteiger partial charge >= 0.3 is 0 Å². The van der Waals surface area contributed by atoms with Gasteiger partial charge in [0.25, 0.3) is 5.91 Å². The van der Waals surface area contributed by atoms with Crippen molar-refractivity contribution in [3.05, 3.63) is 64.0 Å². The minimum absolute atomic E-state index is 0.0431. The number of amides is 1. The Labute approximate surface area is 167 Å². The van der Waals surface area contributed by atoms with Crippen LogP contribution >= 0.6 is 22.9 Å². The summed E-state index contributed by atoms with van der Waals surface area (Å²) in [7, 11) is 1.82. The third kappa shape index (κ3) is 3.81. The van der Waals surface area contributed by atoms with E-state index in [1.54, 1.807) is 4.90 Å². The van der Waals surface area contributed by atoms with Crippen molar-refractivity contribution in [1.82, 2.24) is 4.90 Å². The highest BCUT2D eigenvalue weighted by atomic mass is 35.5. The van der Waals surface area contributed by atoms with Gasteiger partial charge in [0.1, 0.15) is 4.88 Å². The van der Waals surface area contributed by atoms with Crippen molar-refractivity contribution in [2.24, 2.45) is 0 Å². The predicted octanol–water partition coefficient (Wildman–Crippen LogP) is 4.66. The number of carbonyl (C=O) groups excluding carboxylic acids is 1. The molecular weight excluding hydrogens is 380 g/mol. The Bertz CT molecular complexity index is 948. The maximum absolute atomic E-state index is 12.9. The summed E-state index contributed by atoms with van der Waals surface area (Å²) >= 11 is 7.90. The number of thiophene rings is 1. The summed E-state index contributed by atoms with van der Waals surface area (Å²) in [5.41, 5.74) is 2.30. The van der Waals surface area contributed by atoms with E-state index in [9.17, 15) is 4.79 Å². The van der Waals surface area contributed by atoms with Gasteiger partial charge in [-0.3, -0.25) is 4.79 Å².